The lowest BCUT2D eigenvalue weighted by atomic mass is 9.90. The maximum Gasteiger partial charge on any atom is 0.269 e. The number of nitrogens with zero attached hydrogens (tertiary/aromatic N) is 6. The van der Waals surface area contributed by atoms with Crippen molar-refractivity contribution in [2.24, 2.45) is 5.92 Å². The smallest absolute Gasteiger partial charge is 0.269 e. The molecule has 3 aromatic heterocycles. The molecule has 7 rings (SSSR count). The topological polar surface area (TPSA) is 93.3 Å². The number of likely N-dealkylation sites (tertiary alicyclic amines) is 1. The van der Waals surface area contributed by atoms with Crippen LogP contribution in [0.15, 0.2) is 96.4 Å². The quantitative estimate of drug-likeness (QED) is 0.186. The number of rotatable bonds is 7. The molecule has 1 fully saturated rings. The summed E-state index contributed by atoms with van der Waals surface area (Å²) in [7, 11) is 1.66. The highest BCUT2D eigenvalue weighted by atomic mass is 32.2. The van der Waals surface area contributed by atoms with Gasteiger partial charge < -0.3 is 14.4 Å². The minimum atomic E-state index is -3.95. The van der Waals surface area contributed by atoms with E-state index >= 15 is 0 Å². The monoisotopic (exact) mass is 660 g/mol. The Morgan fingerprint density at radius 3 is 2.27 bits per heavy atom. The maximum absolute atomic E-state index is 14.0. The van der Waals surface area contributed by atoms with Gasteiger partial charge in [-0.3, -0.25) is 4.79 Å². The molecule has 1 aliphatic rings. The van der Waals surface area contributed by atoms with Crippen molar-refractivity contribution in [1.29, 1.82) is 0 Å². The van der Waals surface area contributed by atoms with Gasteiger partial charge in [-0.25, -0.2) is 22.4 Å². The Hall–Kier alpha value is -4.80. The fourth-order valence-electron chi connectivity index (χ4n) is 6.80. The van der Waals surface area contributed by atoms with Crippen LogP contribution in [0.5, 0.6) is 0 Å². The minimum absolute atomic E-state index is 0.103. The molecule has 0 N–H and O–H groups in total. The van der Waals surface area contributed by atoms with E-state index in [2.05, 4.69) is 41.6 Å². The Kier molecular flexibility index (Phi) is 8.17. The predicted molar refractivity (Wildman–Crippen MR) is 191 cm³/mol. The zero-order chi connectivity index (χ0) is 33.7. The van der Waals surface area contributed by atoms with Crippen molar-refractivity contribution in [2.75, 3.05) is 34.2 Å². The number of hydrogen-bond acceptors (Lipinski definition) is 6. The summed E-state index contributed by atoms with van der Waals surface area (Å²) in [4.78, 5) is 26.2. The van der Waals surface area contributed by atoms with Gasteiger partial charge in [-0.05, 0) is 106 Å². The molecule has 10 heteroatoms. The molecule has 48 heavy (non-hydrogen) atoms. The normalized spacial score (nSPS) is 15.3. The van der Waals surface area contributed by atoms with E-state index in [9.17, 15) is 13.2 Å². The van der Waals surface area contributed by atoms with Crippen molar-refractivity contribution in [3.8, 4) is 22.3 Å². The molecule has 1 saturated heterocycles. The van der Waals surface area contributed by atoms with E-state index in [0.717, 1.165) is 46.4 Å². The highest BCUT2D eigenvalue weighted by Crippen LogP contribution is 2.36. The zero-order valence-electron chi connectivity index (χ0n) is 28.0. The summed E-state index contributed by atoms with van der Waals surface area (Å²) < 4.78 is 31.5. The van der Waals surface area contributed by atoms with E-state index in [1.54, 1.807) is 62.9 Å². The van der Waals surface area contributed by atoms with E-state index in [1.807, 2.05) is 31.5 Å². The van der Waals surface area contributed by atoms with E-state index in [1.165, 1.54) is 21.7 Å². The largest absolute Gasteiger partial charge is 0.345 e. The van der Waals surface area contributed by atoms with Crippen LogP contribution in [0.1, 0.15) is 41.7 Å². The minimum Gasteiger partial charge on any atom is -0.345 e. The number of aromatic nitrogens is 4. The Labute approximate surface area is 281 Å². The summed E-state index contributed by atoms with van der Waals surface area (Å²) in [6.07, 6.45) is 7.67. The summed E-state index contributed by atoms with van der Waals surface area (Å²) in [5, 5.41) is 0.691. The standard InChI is InChI=1S/C38H40N6O3S/c1-25-6-13-32(14-7-25)48(46,47)44-23-34(28-8-10-29(11-9-28)38(45)41(3)4)33-20-31(22-39-37(33)44)30-12-15-36-35(21-30)40-24-43(36)26(2)27-16-18-42(5)19-17-27/h6-15,20-24,26-27H,16-19H2,1-5H3. The molecule has 0 bridgehead atoms. The second-order valence-electron chi connectivity index (χ2n) is 13.3. The first kappa shape index (κ1) is 31.8. The summed E-state index contributed by atoms with van der Waals surface area (Å²) in [5.41, 5.74) is 7.16. The van der Waals surface area contributed by atoms with Crippen LogP contribution in [0, 0.1) is 12.8 Å². The lowest BCUT2D eigenvalue weighted by molar-refractivity contribution is 0.0827. The average molecular weight is 661 g/mol. The predicted octanol–water partition coefficient (Wildman–Crippen LogP) is 6.87. The Morgan fingerprint density at radius 2 is 1.58 bits per heavy atom. The van der Waals surface area contributed by atoms with Crippen LogP contribution in [0.2, 0.25) is 0 Å². The van der Waals surface area contributed by atoms with Crippen LogP contribution in [0.25, 0.3) is 44.3 Å². The molecule has 9 nitrogen and oxygen atoms in total. The molecule has 0 radical (unpaired) electrons. The van der Waals surface area contributed by atoms with Crippen LogP contribution < -0.4 is 0 Å². The van der Waals surface area contributed by atoms with Crippen molar-refractivity contribution in [2.45, 2.75) is 37.6 Å². The molecular weight excluding hydrogens is 621 g/mol. The molecule has 4 heterocycles. The first-order chi connectivity index (χ1) is 23.0. The molecule has 1 atom stereocenters. The molecule has 6 aromatic rings. The lowest BCUT2D eigenvalue weighted by Crippen LogP contribution is -2.33. The van der Waals surface area contributed by atoms with Gasteiger partial charge in [0, 0.05) is 54.6 Å². The average Bonchev–Trinajstić information content (AvgIpc) is 3.70. The van der Waals surface area contributed by atoms with Crippen LogP contribution in [0.3, 0.4) is 0 Å². The van der Waals surface area contributed by atoms with Gasteiger partial charge in [0.2, 0.25) is 0 Å². The van der Waals surface area contributed by atoms with Crippen molar-refractivity contribution in [3.05, 3.63) is 103 Å². The number of imidazole rings is 1. The highest BCUT2D eigenvalue weighted by Gasteiger charge is 2.26. The van der Waals surface area contributed by atoms with E-state index in [4.69, 9.17) is 9.97 Å². The zero-order valence-corrected chi connectivity index (χ0v) is 28.8. The Bertz CT molecular complexity index is 2240. The fourth-order valence-corrected chi connectivity index (χ4v) is 8.12. The van der Waals surface area contributed by atoms with Crippen molar-refractivity contribution in [1.82, 2.24) is 28.3 Å². The number of hydrogen-bond donors (Lipinski definition) is 0. The number of fused-ring (bicyclic) bond motifs is 2. The second-order valence-corrected chi connectivity index (χ2v) is 15.1. The van der Waals surface area contributed by atoms with Crippen LogP contribution in [-0.4, -0.2) is 76.9 Å². The van der Waals surface area contributed by atoms with Gasteiger partial charge in [-0.2, -0.15) is 0 Å². The SMILES string of the molecule is Cc1ccc(S(=O)(=O)n2cc(-c3ccc(C(=O)N(C)C)cc3)c3cc(-c4ccc5c(c4)ncn5C(C)C4CCN(C)CC4)cnc32)cc1. The third-order valence-electron chi connectivity index (χ3n) is 9.83. The summed E-state index contributed by atoms with van der Waals surface area (Å²) in [5.74, 6) is 0.507. The van der Waals surface area contributed by atoms with Gasteiger partial charge in [0.05, 0.1) is 22.3 Å². The van der Waals surface area contributed by atoms with Crippen molar-refractivity contribution < 1.29 is 13.2 Å². The van der Waals surface area contributed by atoms with Gasteiger partial charge in [0.15, 0.2) is 5.65 Å². The highest BCUT2D eigenvalue weighted by molar-refractivity contribution is 7.90. The van der Waals surface area contributed by atoms with E-state index in [0.29, 0.717) is 34.1 Å². The second kappa shape index (κ2) is 12.3. The molecule has 0 spiro atoms. The van der Waals surface area contributed by atoms with Crippen LogP contribution in [0.4, 0.5) is 0 Å². The lowest BCUT2D eigenvalue weighted by Gasteiger charge is -2.33. The van der Waals surface area contributed by atoms with E-state index in [-0.39, 0.29) is 10.8 Å². The Morgan fingerprint density at radius 1 is 0.896 bits per heavy atom. The molecular formula is C38H40N6O3S. The number of carbonyl (C=O) groups excluding carboxylic acids is 1. The van der Waals surface area contributed by atoms with Crippen LogP contribution in [-0.2, 0) is 10.0 Å². The number of amides is 1. The van der Waals surface area contributed by atoms with Gasteiger partial charge in [-0.15, -0.1) is 0 Å². The van der Waals surface area contributed by atoms with Crippen molar-refractivity contribution >= 4 is 38.0 Å². The maximum atomic E-state index is 14.0. The van der Waals surface area contributed by atoms with Crippen LogP contribution >= 0.6 is 0 Å². The number of piperidine rings is 1. The molecule has 1 unspecified atom stereocenters. The number of carbonyl (C=O) groups is 1. The molecule has 0 saturated carbocycles. The molecule has 1 amide bonds. The summed E-state index contributed by atoms with van der Waals surface area (Å²) in [6, 6.07) is 22.7. The summed E-state index contributed by atoms with van der Waals surface area (Å²) >= 11 is 0. The van der Waals surface area contributed by atoms with E-state index < -0.39 is 10.0 Å². The number of pyridine rings is 1. The first-order valence-corrected chi connectivity index (χ1v) is 17.8. The number of aryl methyl sites for hydroxylation is 1. The molecule has 246 valence electrons. The summed E-state index contributed by atoms with van der Waals surface area (Å²) in [6.45, 7) is 6.46. The third-order valence-corrected chi connectivity index (χ3v) is 11.5. The van der Waals surface area contributed by atoms with Gasteiger partial charge >= 0.3 is 0 Å². The van der Waals surface area contributed by atoms with Crippen molar-refractivity contribution in [3.63, 3.8) is 0 Å². The first-order valence-electron chi connectivity index (χ1n) is 16.3. The number of benzene rings is 3. The Balaban J connectivity index is 1.31. The van der Waals surface area contributed by atoms with Gasteiger partial charge in [0.1, 0.15) is 0 Å². The van der Waals surface area contributed by atoms with Gasteiger partial charge in [-0.1, -0.05) is 35.9 Å². The van der Waals surface area contributed by atoms with Gasteiger partial charge in [0.25, 0.3) is 15.9 Å². The fraction of sp³-hybridized carbons (Fsp3) is 0.289. The third kappa shape index (κ3) is 5.69. The molecule has 1 aliphatic heterocycles. The molecule has 3 aromatic carbocycles. The molecule has 0 aliphatic carbocycles.